The third kappa shape index (κ3) is 1.77. The van der Waals surface area contributed by atoms with Crippen LogP contribution >= 0.6 is 11.3 Å². The number of hydrogen-bond donors (Lipinski definition) is 1. The van der Waals surface area contributed by atoms with Crippen molar-refractivity contribution in [3.05, 3.63) is 40.9 Å². The average molecular weight is 230 g/mol. The third-order valence-electron chi connectivity index (χ3n) is 3.05. The Morgan fingerprint density at radius 3 is 2.62 bits per heavy atom. The first-order valence-electron chi connectivity index (χ1n) is 5.52. The lowest BCUT2D eigenvalue weighted by Gasteiger charge is -2.00. The Kier molecular flexibility index (Phi) is 2.30. The third-order valence-corrected chi connectivity index (χ3v) is 4.07. The topological polar surface area (TPSA) is 38.9 Å². The van der Waals surface area contributed by atoms with Gasteiger partial charge < -0.3 is 5.73 Å². The minimum Gasteiger partial charge on any atom is -0.327 e. The van der Waals surface area contributed by atoms with Crippen molar-refractivity contribution in [2.24, 2.45) is 5.73 Å². The van der Waals surface area contributed by atoms with Gasteiger partial charge in [-0.3, -0.25) is 4.98 Å². The van der Waals surface area contributed by atoms with Crippen LogP contribution in [0.5, 0.6) is 0 Å². The Labute approximate surface area is 99.1 Å². The molecule has 82 valence electrons. The van der Waals surface area contributed by atoms with Gasteiger partial charge in [-0.25, -0.2) is 0 Å². The maximum absolute atomic E-state index is 5.83. The highest BCUT2D eigenvalue weighted by atomic mass is 32.1. The second-order valence-electron chi connectivity index (χ2n) is 4.39. The molecule has 0 saturated heterocycles. The number of nitrogens with two attached hydrogens (primary N) is 1. The molecule has 2 heterocycles. The van der Waals surface area contributed by atoms with Crippen LogP contribution < -0.4 is 5.73 Å². The van der Waals surface area contributed by atoms with E-state index in [2.05, 4.69) is 36.2 Å². The summed E-state index contributed by atoms with van der Waals surface area (Å²) in [6.07, 6.45) is 3.08. The standard InChI is InChI=1S/C13H14N2S/c1-8-2-5-13(16-8)12-4-3-9(7-15-12)10-6-11(10)14/h2-5,7,10-11H,6,14H2,1H3/t10-,11+/m1/s1. The summed E-state index contributed by atoms with van der Waals surface area (Å²) in [5, 5.41) is 0. The number of pyridine rings is 1. The highest BCUT2D eigenvalue weighted by Gasteiger charge is 2.34. The molecule has 0 spiro atoms. The predicted octanol–water partition coefficient (Wildman–Crippen LogP) is 2.93. The van der Waals surface area contributed by atoms with E-state index in [0.717, 1.165) is 12.1 Å². The fraction of sp³-hybridized carbons (Fsp3) is 0.308. The summed E-state index contributed by atoms with van der Waals surface area (Å²) >= 11 is 1.78. The van der Waals surface area contributed by atoms with Gasteiger partial charge in [-0.1, -0.05) is 6.07 Å². The van der Waals surface area contributed by atoms with Crippen molar-refractivity contribution < 1.29 is 0 Å². The van der Waals surface area contributed by atoms with Gasteiger partial charge in [0, 0.05) is 23.0 Å². The molecule has 1 fully saturated rings. The van der Waals surface area contributed by atoms with E-state index < -0.39 is 0 Å². The lowest BCUT2D eigenvalue weighted by atomic mass is 10.1. The molecule has 2 nitrogen and oxygen atoms in total. The quantitative estimate of drug-likeness (QED) is 0.861. The largest absolute Gasteiger partial charge is 0.327 e. The van der Waals surface area contributed by atoms with Crippen LogP contribution in [-0.4, -0.2) is 11.0 Å². The summed E-state index contributed by atoms with van der Waals surface area (Å²) < 4.78 is 0. The zero-order valence-electron chi connectivity index (χ0n) is 9.18. The Balaban J connectivity index is 1.87. The van der Waals surface area contributed by atoms with Crippen LogP contribution in [0.4, 0.5) is 0 Å². The molecule has 0 bridgehead atoms. The summed E-state index contributed by atoms with van der Waals surface area (Å²) in [5.41, 5.74) is 8.17. The van der Waals surface area contributed by atoms with Gasteiger partial charge in [0.05, 0.1) is 10.6 Å². The van der Waals surface area contributed by atoms with Crippen LogP contribution in [0.1, 0.15) is 22.8 Å². The summed E-state index contributed by atoms with van der Waals surface area (Å²) in [6, 6.07) is 8.88. The zero-order chi connectivity index (χ0) is 11.1. The molecule has 3 rings (SSSR count). The fourth-order valence-corrected chi connectivity index (χ4v) is 2.78. The minimum absolute atomic E-state index is 0.358. The molecule has 0 aliphatic heterocycles. The molecule has 2 atom stereocenters. The van der Waals surface area contributed by atoms with Crippen LogP contribution in [0.2, 0.25) is 0 Å². The van der Waals surface area contributed by atoms with Gasteiger partial charge in [0.1, 0.15) is 0 Å². The van der Waals surface area contributed by atoms with Gasteiger partial charge >= 0.3 is 0 Å². The van der Waals surface area contributed by atoms with E-state index in [9.17, 15) is 0 Å². The summed E-state index contributed by atoms with van der Waals surface area (Å²) in [4.78, 5) is 7.08. The first kappa shape index (κ1) is 10.00. The van der Waals surface area contributed by atoms with E-state index in [4.69, 9.17) is 5.73 Å². The van der Waals surface area contributed by atoms with Crippen LogP contribution in [-0.2, 0) is 0 Å². The van der Waals surface area contributed by atoms with Crippen molar-refractivity contribution in [2.75, 3.05) is 0 Å². The van der Waals surface area contributed by atoms with Crippen LogP contribution in [0.15, 0.2) is 30.5 Å². The van der Waals surface area contributed by atoms with Gasteiger partial charge in [-0.2, -0.15) is 0 Å². The second kappa shape index (κ2) is 3.68. The molecule has 0 radical (unpaired) electrons. The van der Waals surface area contributed by atoms with Crippen molar-refractivity contribution in [3.8, 4) is 10.6 Å². The molecule has 2 aromatic rings. The van der Waals surface area contributed by atoms with Crippen molar-refractivity contribution in [3.63, 3.8) is 0 Å². The Bertz CT molecular complexity index is 501. The van der Waals surface area contributed by atoms with Crippen molar-refractivity contribution in [2.45, 2.75) is 25.3 Å². The first-order valence-corrected chi connectivity index (χ1v) is 6.34. The Morgan fingerprint density at radius 1 is 1.31 bits per heavy atom. The van der Waals surface area contributed by atoms with Crippen molar-refractivity contribution in [1.29, 1.82) is 0 Å². The van der Waals surface area contributed by atoms with Crippen LogP contribution in [0.3, 0.4) is 0 Å². The fourth-order valence-electron chi connectivity index (χ4n) is 1.94. The van der Waals surface area contributed by atoms with Gasteiger partial charge in [-0.05, 0) is 37.1 Å². The normalized spacial score (nSPS) is 23.4. The van der Waals surface area contributed by atoms with E-state index in [-0.39, 0.29) is 0 Å². The maximum atomic E-state index is 5.83. The van der Waals surface area contributed by atoms with E-state index in [1.807, 2.05) is 6.20 Å². The van der Waals surface area contributed by atoms with E-state index >= 15 is 0 Å². The highest BCUT2D eigenvalue weighted by molar-refractivity contribution is 7.15. The zero-order valence-corrected chi connectivity index (χ0v) is 10.00. The molecule has 0 amide bonds. The van der Waals surface area contributed by atoms with E-state index in [1.54, 1.807) is 11.3 Å². The molecule has 2 N–H and O–H groups in total. The summed E-state index contributed by atoms with van der Waals surface area (Å²) in [7, 11) is 0. The summed E-state index contributed by atoms with van der Waals surface area (Å²) in [5.74, 6) is 0.548. The molecule has 3 heteroatoms. The molecular formula is C13H14N2S. The van der Waals surface area contributed by atoms with E-state index in [1.165, 1.54) is 15.3 Å². The molecule has 0 aromatic carbocycles. The molecule has 1 saturated carbocycles. The number of rotatable bonds is 2. The molecule has 16 heavy (non-hydrogen) atoms. The monoisotopic (exact) mass is 230 g/mol. The smallest absolute Gasteiger partial charge is 0.0801 e. The van der Waals surface area contributed by atoms with Crippen molar-refractivity contribution in [1.82, 2.24) is 4.98 Å². The Hall–Kier alpha value is -1.19. The SMILES string of the molecule is Cc1ccc(-c2ccc([C@H]3C[C@@H]3N)cn2)s1. The number of nitrogens with zero attached hydrogens (tertiary/aromatic N) is 1. The maximum Gasteiger partial charge on any atom is 0.0801 e. The summed E-state index contributed by atoms with van der Waals surface area (Å²) in [6.45, 7) is 2.12. The van der Waals surface area contributed by atoms with E-state index in [0.29, 0.717) is 12.0 Å². The number of thiophene rings is 1. The molecule has 0 unspecified atom stereocenters. The van der Waals surface area contributed by atoms with Crippen molar-refractivity contribution >= 4 is 11.3 Å². The molecule has 2 aromatic heterocycles. The van der Waals surface area contributed by atoms with Gasteiger partial charge in [0.15, 0.2) is 0 Å². The average Bonchev–Trinajstić information content (AvgIpc) is 2.86. The Morgan fingerprint density at radius 2 is 2.12 bits per heavy atom. The first-order chi connectivity index (χ1) is 7.74. The van der Waals surface area contributed by atoms with Crippen LogP contribution in [0, 0.1) is 6.92 Å². The van der Waals surface area contributed by atoms with Crippen LogP contribution in [0.25, 0.3) is 10.6 Å². The van der Waals surface area contributed by atoms with Gasteiger partial charge in [-0.15, -0.1) is 11.3 Å². The number of hydrogen-bond acceptors (Lipinski definition) is 3. The minimum atomic E-state index is 0.358. The second-order valence-corrected chi connectivity index (χ2v) is 5.68. The number of aromatic nitrogens is 1. The number of aryl methyl sites for hydroxylation is 1. The highest BCUT2D eigenvalue weighted by Crippen LogP contribution is 2.39. The molecule has 1 aliphatic carbocycles. The molecule has 1 aliphatic rings. The lowest BCUT2D eigenvalue weighted by Crippen LogP contribution is -2.01. The van der Waals surface area contributed by atoms with Gasteiger partial charge in [0.25, 0.3) is 0 Å². The predicted molar refractivity (Wildman–Crippen MR) is 67.6 cm³/mol. The lowest BCUT2D eigenvalue weighted by molar-refractivity contribution is 0.981. The van der Waals surface area contributed by atoms with Gasteiger partial charge in [0.2, 0.25) is 0 Å². The molecular weight excluding hydrogens is 216 g/mol.